The van der Waals surface area contributed by atoms with Crippen molar-refractivity contribution < 1.29 is 9.47 Å². The van der Waals surface area contributed by atoms with E-state index in [0.717, 1.165) is 43.2 Å². The normalized spacial score (nSPS) is 11.1. The monoisotopic (exact) mass is 309 g/mol. The molecule has 0 aromatic heterocycles. The Morgan fingerprint density at radius 2 is 2.19 bits per heavy atom. The summed E-state index contributed by atoms with van der Waals surface area (Å²) in [6, 6.07) is 7.73. The van der Waals surface area contributed by atoms with Crippen LogP contribution >= 0.6 is 12.2 Å². The molecule has 2 N–H and O–H groups in total. The lowest BCUT2D eigenvalue weighted by Gasteiger charge is -2.08. The van der Waals surface area contributed by atoms with Gasteiger partial charge in [-0.15, -0.1) is 0 Å². The topological polar surface area (TPSA) is 54.9 Å². The molecule has 1 rings (SSSR count). The molecule has 0 aliphatic carbocycles. The van der Waals surface area contributed by atoms with Crippen LogP contribution in [0.15, 0.2) is 29.4 Å². The Kier molecular flexibility index (Phi) is 8.38. The van der Waals surface area contributed by atoms with Gasteiger partial charge in [0.05, 0.1) is 12.8 Å². The van der Waals surface area contributed by atoms with Crippen molar-refractivity contribution in [1.29, 1.82) is 0 Å². The van der Waals surface area contributed by atoms with E-state index in [0.29, 0.717) is 5.11 Å². The van der Waals surface area contributed by atoms with Gasteiger partial charge < -0.3 is 14.8 Å². The maximum Gasteiger partial charge on any atom is 0.186 e. The minimum Gasteiger partial charge on any atom is -0.497 e. The van der Waals surface area contributed by atoms with E-state index >= 15 is 0 Å². The van der Waals surface area contributed by atoms with Crippen molar-refractivity contribution in [2.45, 2.75) is 20.3 Å². The molecule has 1 aromatic rings. The van der Waals surface area contributed by atoms with Crippen LogP contribution in [0.1, 0.15) is 25.8 Å². The molecule has 0 aliphatic heterocycles. The molecule has 0 heterocycles. The summed E-state index contributed by atoms with van der Waals surface area (Å²) in [5, 5.41) is 7.85. The first kappa shape index (κ1) is 17.4. The first-order valence-corrected chi connectivity index (χ1v) is 7.38. The zero-order valence-corrected chi connectivity index (χ0v) is 13.6. The summed E-state index contributed by atoms with van der Waals surface area (Å²) in [5.41, 5.74) is 4.66. The van der Waals surface area contributed by atoms with Crippen molar-refractivity contribution in [2.75, 3.05) is 26.9 Å². The fourth-order valence-corrected chi connectivity index (χ4v) is 1.76. The van der Waals surface area contributed by atoms with Crippen LogP contribution in [0.3, 0.4) is 0 Å². The standard InChI is InChI=1S/C15H23N3O2S/c1-4-20-10-6-9-16-15(21)18-17-12(2)13-7-5-8-14(11-13)19-3/h5,7-8,11H,4,6,9-10H2,1-3H3,(H2,16,18,21)/b17-12-. The van der Waals surface area contributed by atoms with Gasteiger partial charge in [-0.25, -0.2) is 0 Å². The number of methoxy groups -OCH3 is 1. The molecule has 0 radical (unpaired) electrons. The maximum absolute atomic E-state index is 5.25. The Balaban J connectivity index is 2.38. The second-order valence-electron chi connectivity index (χ2n) is 4.35. The second-order valence-corrected chi connectivity index (χ2v) is 4.76. The molecular formula is C15H23N3O2S. The van der Waals surface area contributed by atoms with Crippen LogP contribution in [0.4, 0.5) is 0 Å². The molecule has 0 unspecified atom stereocenters. The van der Waals surface area contributed by atoms with Gasteiger partial charge in [-0.2, -0.15) is 5.10 Å². The van der Waals surface area contributed by atoms with Crippen LogP contribution in [0.5, 0.6) is 5.75 Å². The Morgan fingerprint density at radius 1 is 1.38 bits per heavy atom. The molecule has 0 saturated carbocycles. The van der Waals surface area contributed by atoms with Crippen LogP contribution in [-0.2, 0) is 4.74 Å². The van der Waals surface area contributed by atoms with E-state index < -0.39 is 0 Å². The van der Waals surface area contributed by atoms with Crippen LogP contribution in [0, 0.1) is 0 Å². The van der Waals surface area contributed by atoms with Gasteiger partial charge in [-0.05, 0) is 44.6 Å². The zero-order valence-electron chi connectivity index (χ0n) is 12.8. The quantitative estimate of drug-likeness (QED) is 0.334. The largest absolute Gasteiger partial charge is 0.497 e. The van der Waals surface area contributed by atoms with Gasteiger partial charge in [0.1, 0.15) is 5.75 Å². The van der Waals surface area contributed by atoms with Crippen LogP contribution in [-0.4, -0.2) is 37.7 Å². The third-order valence-corrected chi connectivity index (χ3v) is 3.00. The molecule has 0 saturated heterocycles. The molecule has 0 aliphatic rings. The molecule has 116 valence electrons. The van der Waals surface area contributed by atoms with E-state index in [4.69, 9.17) is 21.7 Å². The van der Waals surface area contributed by atoms with E-state index in [2.05, 4.69) is 15.8 Å². The number of hydrazone groups is 1. The summed E-state index contributed by atoms with van der Waals surface area (Å²) in [4.78, 5) is 0. The minimum atomic E-state index is 0.508. The van der Waals surface area contributed by atoms with Crippen LogP contribution in [0.25, 0.3) is 0 Å². The molecule has 5 nitrogen and oxygen atoms in total. The highest BCUT2D eigenvalue weighted by molar-refractivity contribution is 7.80. The first-order valence-electron chi connectivity index (χ1n) is 6.97. The third kappa shape index (κ3) is 7.06. The molecule has 0 amide bonds. The Hall–Kier alpha value is -1.66. The highest BCUT2D eigenvalue weighted by Gasteiger charge is 2.00. The summed E-state index contributed by atoms with van der Waals surface area (Å²) < 4.78 is 10.4. The number of thiocarbonyl (C=S) groups is 1. The Bertz CT molecular complexity index is 478. The summed E-state index contributed by atoms with van der Waals surface area (Å²) in [6.45, 7) is 6.14. The van der Waals surface area contributed by atoms with Crippen molar-refractivity contribution in [1.82, 2.24) is 10.7 Å². The smallest absolute Gasteiger partial charge is 0.186 e. The number of hydrogen-bond donors (Lipinski definition) is 2. The van der Waals surface area contributed by atoms with Crippen molar-refractivity contribution in [3.8, 4) is 5.75 Å². The van der Waals surface area contributed by atoms with E-state index in [9.17, 15) is 0 Å². The lowest BCUT2D eigenvalue weighted by Crippen LogP contribution is -2.33. The summed E-state index contributed by atoms with van der Waals surface area (Å²) in [7, 11) is 1.64. The van der Waals surface area contributed by atoms with Crippen molar-refractivity contribution in [3.63, 3.8) is 0 Å². The molecule has 0 spiro atoms. The number of rotatable bonds is 8. The zero-order chi connectivity index (χ0) is 15.5. The molecule has 0 bridgehead atoms. The highest BCUT2D eigenvalue weighted by Crippen LogP contribution is 2.12. The van der Waals surface area contributed by atoms with Gasteiger partial charge in [-0.1, -0.05) is 12.1 Å². The number of ether oxygens (including phenoxy) is 2. The van der Waals surface area contributed by atoms with Crippen molar-refractivity contribution in [2.24, 2.45) is 5.10 Å². The minimum absolute atomic E-state index is 0.508. The lowest BCUT2D eigenvalue weighted by atomic mass is 10.1. The first-order chi connectivity index (χ1) is 10.2. The van der Waals surface area contributed by atoms with E-state index in [1.165, 1.54) is 0 Å². The van der Waals surface area contributed by atoms with E-state index in [1.807, 2.05) is 38.1 Å². The number of benzene rings is 1. The fraction of sp³-hybridized carbons (Fsp3) is 0.467. The van der Waals surface area contributed by atoms with E-state index in [-0.39, 0.29) is 0 Å². The summed E-state index contributed by atoms with van der Waals surface area (Å²) >= 11 is 5.15. The number of nitrogens with one attached hydrogen (secondary N) is 2. The van der Waals surface area contributed by atoms with Crippen molar-refractivity contribution >= 4 is 23.0 Å². The van der Waals surface area contributed by atoms with Crippen molar-refractivity contribution in [3.05, 3.63) is 29.8 Å². The molecule has 6 heteroatoms. The third-order valence-electron chi connectivity index (χ3n) is 2.77. The molecule has 0 atom stereocenters. The van der Waals surface area contributed by atoms with Gasteiger partial charge in [0.25, 0.3) is 0 Å². The Morgan fingerprint density at radius 3 is 2.90 bits per heavy atom. The average Bonchev–Trinajstić information content (AvgIpc) is 2.52. The molecule has 21 heavy (non-hydrogen) atoms. The summed E-state index contributed by atoms with van der Waals surface area (Å²) in [6.07, 6.45) is 0.911. The van der Waals surface area contributed by atoms with Crippen LogP contribution in [0.2, 0.25) is 0 Å². The predicted molar refractivity (Wildman–Crippen MR) is 90.1 cm³/mol. The lowest BCUT2D eigenvalue weighted by molar-refractivity contribution is 0.145. The highest BCUT2D eigenvalue weighted by atomic mass is 32.1. The molecule has 1 aromatic carbocycles. The van der Waals surface area contributed by atoms with Gasteiger partial charge in [0.2, 0.25) is 0 Å². The van der Waals surface area contributed by atoms with E-state index in [1.54, 1.807) is 7.11 Å². The fourth-order valence-electron chi connectivity index (χ4n) is 1.61. The van der Waals surface area contributed by atoms with Gasteiger partial charge in [0.15, 0.2) is 5.11 Å². The van der Waals surface area contributed by atoms with Gasteiger partial charge >= 0.3 is 0 Å². The number of nitrogens with zero attached hydrogens (tertiary/aromatic N) is 1. The average molecular weight is 309 g/mol. The van der Waals surface area contributed by atoms with Crippen LogP contribution < -0.4 is 15.5 Å². The summed E-state index contributed by atoms with van der Waals surface area (Å²) in [5.74, 6) is 0.804. The van der Waals surface area contributed by atoms with Gasteiger partial charge in [-0.3, -0.25) is 5.43 Å². The Labute approximate surface area is 131 Å². The predicted octanol–water partition coefficient (Wildman–Crippen LogP) is 2.31. The molecule has 0 fully saturated rings. The number of hydrogen-bond acceptors (Lipinski definition) is 4. The van der Waals surface area contributed by atoms with Gasteiger partial charge in [0, 0.05) is 25.3 Å². The SMILES string of the molecule is CCOCCCNC(=S)N/N=C(/C)c1cccc(OC)c1. The second kappa shape index (κ2) is 10.1. The molecular weight excluding hydrogens is 286 g/mol. The maximum atomic E-state index is 5.25.